The van der Waals surface area contributed by atoms with Crippen LogP contribution in [0.15, 0.2) is 0 Å². The zero-order valence-corrected chi connectivity index (χ0v) is 8.43. The molecule has 0 saturated carbocycles. The molecule has 0 spiro atoms. The second kappa shape index (κ2) is 6.62. The Morgan fingerprint density at radius 1 is 1.00 bits per heavy atom. The van der Waals surface area contributed by atoms with Gasteiger partial charge >= 0.3 is 0 Å². The number of piperazine rings is 1. The van der Waals surface area contributed by atoms with Gasteiger partial charge in [-0.1, -0.05) is 20.8 Å². The van der Waals surface area contributed by atoms with E-state index in [1.165, 1.54) is 32.7 Å². The Balaban J connectivity index is 0.000000461. The van der Waals surface area contributed by atoms with Crippen LogP contribution in [0.25, 0.3) is 0 Å². The zero-order valence-electron chi connectivity index (χ0n) is 8.43. The molecule has 2 heteroatoms. The van der Waals surface area contributed by atoms with E-state index in [0.717, 1.165) is 0 Å². The lowest BCUT2D eigenvalue weighted by molar-refractivity contribution is 0.160. The molecule has 0 aromatic heterocycles. The maximum Gasteiger partial charge on any atom is 0.0110 e. The van der Waals surface area contributed by atoms with Crippen molar-refractivity contribution in [3.63, 3.8) is 0 Å². The molecular weight excluding hydrogens is 136 g/mol. The van der Waals surface area contributed by atoms with Gasteiger partial charge in [0, 0.05) is 26.2 Å². The van der Waals surface area contributed by atoms with Crippen LogP contribution in [0.4, 0.5) is 0 Å². The molecule has 0 atom stereocenters. The highest BCUT2D eigenvalue weighted by Gasteiger charge is 2.10. The summed E-state index contributed by atoms with van der Waals surface area (Å²) in [6, 6.07) is 0. The van der Waals surface area contributed by atoms with Crippen molar-refractivity contribution in [2.75, 3.05) is 39.8 Å². The first-order valence-corrected chi connectivity index (χ1v) is 4.74. The third kappa shape index (κ3) is 4.38. The van der Waals surface area contributed by atoms with E-state index < -0.39 is 0 Å². The third-order valence-corrected chi connectivity index (χ3v) is 2.04. The van der Waals surface area contributed by atoms with Gasteiger partial charge in [0.1, 0.15) is 0 Å². The van der Waals surface area contributed by atoms with E-state index in [2.05, 4.69) is 23.8 Å². The lowest BCUT2D eigenvalue weighted by Gasteiger charge is -2.31. The Morgan fingerprint density at radius 2 is 1.45 bits per heavy atom. The molecule has 1 aliphatic rings. The van der Waals surface area contributed by atoms with Crippen LogP contribution in [-0.2, 0) is 0 Å². The van der Waals surface area contributed by atoms with E-state index in [4.69, 9.17) is 0 Å². The summed E-state index contributed by atoms with van der Waals surface area (Å²) < 4.78 is 0. The van der Waals surface area contributed by atoms with Crippen LogP contribution in [-0.4, -0.2) is 49.6 Å². The Labute approximate surface area is 71.2 Å². The molecule has 1 aliphatic heterocycles. The summed E-state index contributed by atoms with van der Waals surface area (Å²) in [5, 5.41) is 0. The number of nitrogens with zero attached hydrogens (tertiary/aromatic N) is 2. The Hall–Kier alpha value is -0.0800. The van der Waals surface area contributed by atoms with Gasteiger partial charge in [-0.3, -0.25) is 0 Å². The molecule has 0 N–H and O–H groups in total. The average molecular weight is 158 g/mol. The monoisotopic (exact) mass is 158 g/mol. The summed E-state index contributed by atoms with van der Waals surface area (Å²) in [6.45, 7) is 12.4. The normalized spacial score (nSPS) is 20.7. The summed E-state index contributed by atoms with van der Waals surface area (Å²) in [5.74, 6) is 0. The number of hydrogen-bond acceptors (Lipinski definition) is 2. The molecule has 68 valence electrons. The molecular formula is C9H22N2. The van der Waals surface area contributed by atoms with Crippen LogP contribution in [0.5, 0.6) is 0 Å². The van der Waals surface area contributed by atoms with Gasteiger partial charge in [-0.15, -0.1) is 0 Å². The summed E-state index contributed by atoms with van der Waals surface area (Å²) in [6.07, 6.45) is 0. The maximum atomic E-state index is 2.49. The summed E-state index contributed by atoms with van der Waals surface area (Å²) >= 11 is 0. The highest BCUT2D eigenvalue weighted by molar-refractivity contribution is 4.66. The molecule has 2 nitrogen and oxygen atoms in total. The topological polar surface area (TPSA) is 6.48 Å². The van der Waals surface area contributed by atoms with Crippen molar-refractivity contribution < 1.29 is 0 Å². The highest BCUT2D eigenvalue weighted by atomic mass is 15.2. The molecule has 0 bridgehead atoms. The van der Waals surface area contributed by atoms with Gasteiger partial charge in [-0.25, -0.2) is 0 Å². The van der Waals surface area contributed by atoms with Crippen molar-refractivity contribution in [3.05, 3.63) is 0 Å². The minimum atomic E-state index is 1.22. The van der Waals surface area contributed by atoms with Crippen molar-refractivity contribution in [2.24, 2.45) is 0 Å². The van der Waals surface area contributed by atoms with E-state index in [-0.39, 0.29) is 0 Å². The standard InChI is InChI=1S/C7H16N2.C2H6/c1-3-9-6-4-8(2)5-7-9;1-2/h3-7H2,1-2H3;1-2H3. The third-order valence-electron chi connectivity index (χ3n) is 2.04. The van der Waals surface area contributed by atoms with Gasteiger partial charge in [0.05, 0.1) is 0 Å². The number of hydrogen-bond donors (Lipinski definition) is 0. The van der Waals surface area contributed by atoms with Gasteiger partial charge in [0.15, 0.2) is 0 Å². The summed E-state index contributed by atoms with van der Waals surface area (Å²) in [4.78, 5) is 4.87. The van der Waals surface area contributed by atoms with Crippen LogP contribution in [0.3, 0.4) is 0 Å². The minimum Gasteiger partial charge on any atom is -0.304 e. The smallest absolute Gasteiger partial charge is 0.0110 e. The SMILES string of the molecule is CC.CCN1CCN(C)CC1. The van der Waals surface area contributed by atoms with Gasteiger partial charge in [-0.05, 0) is 13.6 Å². The zero-order chi connectivity index (χ0) is 8.69. The molecule has 0 amide bonds. The summed E-state index contributed by atoms with van der Waals surface area (Å²) in [5.41, 5.74) is 0. The first-order chi connectivity index (χ1) is 5.33. The predicted molar refractivity (Wildman–Crippen MR) is 51.0 cm³/mol. The van der Waals surface area contributed by atoms with E-state index in [0.29, 0.717) is 0 Å². The maximum absolute atomic E-state index is 2.49. The molecule has 1 fully saturated rings. The first-order valence-electron chi connectivity index (χ1n) is 4.74. The summed E-state index contributed by atoms with van der Waals surface area (Å²) in [7, 11) is 2.19. The van der Waals surface area contributed by atoms with Crippen molar-refractivity contribution in [1.29, 1.82) is 0 Å². The molecule has 1 heterocycles. The van der Waals surface area contributed by atoms with Crippen LogP contribution in [0, 0.1) is 0 Å². The highest BCUT2D eigenvalue weighted by Crippen LogP contribution is 1.96. The lowest BCUT2D eigenvalue weighted by atomic mass is 10.3. The van der Waals surface area contributed by atoms with Crippen molar-refractivity contribution >= 4 is 0 Å². The molecule has 0 radical (unpaired) electrons. The van der Waals surface area contributed by atoms with E-state index >= 15 is 0 Å². The fourth-order valence-electron chi connectivity index (χ4n) is 1.16. The molecule has 0 unspecified atom stereocenters. The Bertz CT molecular complexity index is 75.6. The van der Waals surface area contributed by atoms with Gasteiger partial charge in [0.2, 0.25) is 0 Å². The van der Waals surface area contributed by atoms with Crippen LogP contribution in [0.2, 0.25) is 0 Å². The van der Waals surface area contributed by atoms with Gasteiger partial charge in [-0.2, -0.15) is 0 Å². The minimum absolute atomic E-state index is 1.22. The fraction of sp³-hybridized carbons (Fsp3) is 1.00. The molecule has 0 aliphatic carbocycles. The first kappa shape index (κ1) is 10.9. The molecule has 1 rings (SSSR count). The second-order valence-electron chi connectivity index (χ2n) is 2.74. The Kier molecular flexibility index (Phi) is 6.57. The van der Waals surface area contributed by atoms with Crippen LogP contribution < -0.4 is 0 Å². The van der Waals surface area contributed by atoms with Gasteiger partial charge < -0.3 is 9.80 Å². The average Bonchev–Trinajstić information content (AvgIpc) is 2.10. The molecule has 0 aromatic rings. The van der Waals surface area contributed by atoms with E-state index in [1.54, 1.807) is 0 Å². The second-order valence-corrected chi connectivity index (χ2v) is 2.74. The van der Waals surface area contributed by atoms with Crippen molar-refractivity contribution in [1.82, 2.24) is 9.80 Å². The van der Waals surface area contributed by atoms with E-state index in [9.17, 15) is 0 Å². The largest absolute Gasteiger partial charge is 0.304 e. The molecule has 1 saturated heterocycles. The molecule has 11 heavy (non-hydrogen) atoms. The quantitative estimate of drug-likeness (QED) is 0.567. The fourth-order valence-corrected chi connectivity index (χ4v) is 1.16. The lowest BCUT2D eigenvalue weighted by Crippen LogP contribution is -2.44. The molecule has 0 aromatic carbocycles. The Morgan fingerprint density at radius 3 is 1.82 bits per heavy atom. The van der Waals surface area contributed by atoms with Gasteiger partial charge in [0.25, 0.3) is 0 Å². The van der Waals surface area contributed by atoms with Crippen LogP contribution in [0.1, 0.15) is 20.8 Å². The number of rotatable bonds is 1. The van der Waals surface area contributed by atoms with Crippen molar-refractivity contribution in [3.8, 4) is 0 Å². The van der Waals surface area contributed by atoms with E-state index in [1.807, 2.05) is 13.8 Å². The van der Waals surface area contributed by atoms with Crippen LogP contribution >= 0.6 is 0 Å². The van der Waals surface area contributed by atoms with Crippen molar-refractivity contribution in [2.45, 2.75) is 20.8 Å². The predicted octanol–water partition coefficient (Wildman–Crippen LogP) is 1.28. The number of likely N-dealkylation sites (N-methyl/N-ethyl adjacent to an activating group) is 2.